The first-order chi connectivity index (χ1) is 10.1. The van der Waals surface area contributed by atoms with E-state index in [4.69, 9.17) is 22.1 Å². The molecule has 0 heterocycles. The van der Waals surface area contributed by atoms with E-state index in [0.717, 1.165) is 35.6 Å². The average molecular weight is 304 g/mol. The maximum atomic E-state index is 6.27. The summed E-state index contributed by atoms with van der Waals surface area (Å²) in [5.74, 6) is 0.852. The van der Waals surface area contributed by atoms with Crippen molar-refractivity contribution in [1.29, 1.82) is 0 Å². The van der Waals surface area contributed by atoms with Crippen LogP contribution in [0.1, 0.15) is 23.1 Å². The van der Waals surface area contributed by atoms with E-state index < -0.39 is 0 Å². The first-order valence-corrected chi connectivity index (χ1v) is 7.60. The van der Waals surface area contributed by atoms with E-state index in [1.807, 2.05) is 18.2 Å². The minimum absolute atomic E-state index is 0.0953. The molecule has 1 unspecified atom stereocenters. The van der Waals surface area contributed by atoms with E-state index >= 15 is 0 Å². The predicted molar refractivity (Wildman–Crippen MR) is 89.2 cm³/mol. The van der Waals surface area contributed by atoms with Crippen LogP contribution in [-0.4, -0.2) is 13.2 Å². The number of nitrogens with two attached hydrogens (primary N) is 1. The lowest BCUT2D eigenvalue weighted by atomic mass is 9.98. The predicted octanol–water partition coefficient (Wildman–Crippen LogP) is 4.16. The number of halogens is 1. The number of hydrogen-bond acceptors (Lipinski definition) is 2. The standard InChI is InChI=1S/C18H22ClNO/c1-13-4-3-5-14(10-13)6-8-17(20)12-15-11-16(19)7-9-18(15)21-2/h3-5,7,9-11,17H,6,8,12,20H2,1-2H3. The number of ether oxygens (including phenoxy) is 1. The molecule has 2 N–H and O–H groups in total. The van der Waals surface area contributed by atoms with Gasteiger partial charge in [0, 0.05) is 11.1 Å². The van der Waals surface area contributed by atoms with Crippen LogP contribution >= 0.6 is 11.6 Å². The van der Waals surface area contributed by atoms with Crippen molar-refractivity contribution in [2.45, 2.75) is 32.2 Å². The van der Waals surface area contributed by atoms with Gasteiger partial charge in [-0.3, -0.25) is 0 Å². The summed E-state index contributed by atoms with van der Waals surface area (Å²) < 4.78 is 5.37. The molecule has 1 atom stereocenters. The zero-order valence-electron chi connectivity index (χ0n) is 12.6. The van der Waals surface area contributed by atoms with Crippen molar-refractivity contribution in [1.82, 2.24) is 0 Å². The highest BCUT2D eigenvalue weighted by molar-refractivity contribution is 6.30. The monoisotopic (exact) mass is 303 g/mol. The van der Waals surface area contributed by atoms with E-state index in [9.17, 15) is 0 Å². The van der Waals surface area contributed by atoms with Gasteiger partial charge >= 0.3 is 0 Å². The second-order valence-electron chi connectivity index (χ2n) is 5.45. The molecular weight excluding hydrogens is 282 g/mol. The lowest BCUT2D eigenvalue weighted by Crippen LogP contribution is -2.23. The molecule has 2 rings (SSSR count). The van der Waals surface area contributed by atoms with Gasteiger partial charge in [0.05, 0.1) is 7.11 Å². The number of benzene rings is 2. The Morgan fingerprint density at radius 2 is 2.00 bits per heavy atom. The SMILES string of the molecule is COc1ccc(Cl)cc1CC(N)CCc1cccc(C)c1. The van der Waals surface area contributed by atoms with Crippen molar-refractivity contribution < 1.29 is 4.74 Å². The molecule has 0 bridgehead atoms. The Morgan fingerprint density at radius 3 is 2.71 bits per heavy atom. The number of aryl methyl sites for hydroxylation is 2. The summed E-state index contributed by atoms with van der Waals surface area (Å²) in [6.45, 7) is 2.11. The average Bonchev–Trinajstić information content (AvgIpc) is 2.45. The second kappa shape index (κ2) is 7.48. The van der Waals surface area contributed by atoms with Gasteiger partial charge < -0.3 is 10.5 Å². The fourth-order valence-electron chi connectivity index (χ4n) is 2.51. The van der Waals surface area contributed by atoms with Crippen LogP contribution in [0.25, 0.3) is 0 Å². The third-order valence-electron chi connectivity index (χ3n) is 3.61. The number of rotatable bonds is 6. The van der Waals surface area contributed by atoms with Crippen molar-refractivity contribution in [3.63, 3.8) is 0 Å². The number of methoxy groups -OCH3 is 1. The summed E-state index contributed by atoms with van der Waals surface area (Å²) in [7, 11) is 1.67. The maximum absolute atomic E-state index is 6.27. The summed E-state index contributed by atoms with van der Waals surface area (Å²) in [5.41, 5.74) is 9.96. The third-order valence-corrected chi connectivity index (χ3v) is 3.85. The molecule has 2 aromatic carbocycles. The van der Waals surface area contributed by atoms with Crippen molar-refractivity contribution in [2.24, 2.45) is 5.73 Å². The van der Waals surface area contributed by atoms with Gasteiger partial charge in [0.25, 0.3) is 0 Å². The highest BCUT2D eigenvalue weighted by Crippen LogP contribution is 2.24. The molecule has 0 saturated heterocycles. The largest absolute Gasteiger partial charge is 0.496 e. The quantitative estimate of drug-likeness (QED) is 0.869. The topological polar surface area (TPSA) is 35.2 Å². The molecule has 21 heavy (non-hydrogen) atoms. The fraction of sp³-hybridized carbons (Fsp3) is 0.333. The maximum Gasteiger partial charge on any atom is 0.122 e. The number of hydrogen-bond donors (Lipinski definition) is 1. The Morgan fingerprint density at radius 1 is 1.19 bits per heavy atom. The first-order valence-electron chi connectivity index (χ1n) is 7.22. The van der Waals surface area contributed by atoms with Crippen molar-refractivity contribution in [3.8, 4) is 5.75 Å². The van der Waals surface area contributed by atoms with Crippen LogP contribution in [0.3, 0.4) is 0 Å². The van der Waals surface area contributed by atoms with Crippen LogP contribution in [0.4, 0.5) is 0 Å². The van der Waals surface area contributed by atoms with Gasteiger partial charge in [-0.25, -0.2) is 0 Å². The third kappa shape index (κ3) is 4.76. The molecule has 112 valence electrons. The molecule has 2 aromatic rings. The van der Waals surface area contributed by atoms with Crippen LogP contribution in [-0.2, 0) is 12.8 Å². The molecule has 2 nitrogen and oxygen atoms in total. The Kier molecular flexibility index (Phi) is 5.66. The van der Waals surface area contributed by atoms with Crippen LogP contribution in [0, 0.1) is 6.92 Å². The molecular formula is C18H22ClNO. The molecule has 0 aliphatic rings. The highest BCUT2D eigenvalue weighted by atomic mass is 35.5. The van der Waals surface area contributed by atoms with Crippen molar-refractivity contribution >= 4 is 11.6 Å². The summed E-state index contributed by atoms with van der Waals surface area (Å²) in [6.07, 6.45) is 2.71. The highest BCUT2D eigenvalue weighted by Gasteiger charge is 2.10. The van der Waals surface area contributed by atoms with Crippen LogP contribution in [0.5, 0.6) is 5.75 Å². The van der Waals surface area contributed by atoms with Gasteiger partial charge in [0.2, 0.25) is 0 Å². The summed E-state index contributed by atoms with van der Waals surface area (Å²) in [6, 6.07) is 14.3. The lowest BCUT2D eigenvalue weighted by molar-refractivity contribution is 0.407. The van der Waals surface area contributed by atoms with E-state index in [-0.39, 0.29) is 6.04 Å². The minimum Gasteiger partial charge on any atom is -0.496 e. The summed E-state index contributed by atoms with van der Waals surface area (Å²) in [4.78, 5) is 0. The summed E-state index contributed by atoms with van der Waals surface area (Å²) in [5, 5.41) is 0.719. The normalized spacial score (nSPS) is 12.2. The van der Waals surface area contributed by atoms with E-state index in [2.05, 4.69) is 31.2 Å². The Balaban J connectivity index is 1.95. The molecule has 0 fully saturated rings. The summed E-state index contributed by atoms with van der Waals surface area (Å²) >= 11 is 6.05. The van der Waals surface area contributed by atoms with E-state index in [1.54, 1.807) is 7.11 Å². The molecule has 0 amide bonds. The van der Waals surface area contributed by atoms with Gasteiger partial charge in [0.1, 0.15) is 5.75 Å². The first kappa shape index (κ1) is 15.9. The molecule has 0 aromatic heterocycles. The fourth-order valence-corrected chi connectivity index (χ4v) is 2.71. The molecule has 0 saturated carbocycles. The lowest BCUT2D eigenvalue weighted by Gasteiger charge is -2.15. The van der Waals surface area contributed by atoms with Gasteiger partial charge in [-0.05, 0) is 55.5 Å². The van der Waals surface area contributed by atoms with Crippen molar-refractivity contribution in [2.75, 3.05) is 7.11 Å². The van der Waals surface area contributed by atoms with Crippen LogP contribution in [0.15, 0.2) is 42.5 Å². The van der Waals surface area contributed by atoms with E-state index in [1.165, 1.54) is 11.1 Å². The zero-order valence-corrected chi connectivity index (χ0v) is 13.4. The Labute approximate surface area is 131 Å². The smallest absolute Gasteiger partial charge is 0.122 e. The Hall–Kier alpha value is -1.51. The van der Waals surface area contributed by atoms with Gasteiger partial charge in [0.15, 0.2) is 0 Å². The second-order valence-corrected chi connectivity index (χ2v) is 5.88. The van der Waals surface area contributed by atoms with Gasteiger partial charge in [-0.2, -0.15) is 0 Å². The van der Waals surface area contributed by atoms with Gasteiger partial charge in [-0.15, -0.1) is 0 Å². The molecule has 3 heteroatoms. The van der Waals surface area contributed by atoms with Crippen LogP contribution < -0.4 is 10.5 Å². The molecule has 0 aliphatic carbocycles. The minimum atomic E-state index is 0.0953. The molecule has 0 spiro atoms. The van der Waals surface area contributed by atoms with Crippen LogP contribution in [0.2, 0.25) is 5.02 Å². The molecule has 0 aliphatic heterocycles. The Bertz CT molecular complexity index is 598. The molecule has 0 radical (unpaired) electrons. The zero-order chi connectivity index (χ0) is 15.2. The van der Waals surface area contributed by atoms with E-state index in [0.29, 0.717) is 0 Å². The van der Waals surface area contributed by atoms with Crippen molar-refractivity contribution in [3.05, 3.63) is 64.2 Å². The van der Waals surface area contributed by atoms with Gasteiger partial charge in [-0.1, -0.05) is 41.4 Å².